The molecular weight excluding hydrogens is 421 g/mol. The zero-order valence-electron chi connectivity index (χ0n) is 14.8. The number of nitrogens with zero attached hydrogens (tertiary/aromatic N) is 2. The van der Waals surface area contributed by atoms with Crippen LogP contribution in [0.1, 0.15) is 30.5 Å². The largest absolute Gasteiger partial charge is 0.426 e. The molecule has 0 amide bonds. The van der Waals surface area contributed by atoms with E-state index in [1.165, 1.54) is 0 Å². The van der Waals surface area contributed by atoms with E-state index in [1.807, 2.05) is 6.07 Å². The fraction of sp³-hybridized carbons (Fsp3) is 0.150. The van der Waals surface area contributed by atoms with E-state index in [1.54, 1.807) is 55.7 Å². The van der Waals surface area contributed by atoms with Crippen molar-refractivity contribution in [1.29, 1.82) is 0 Å². The second kappa shape index (κ2) is 9.24. The van der Waals surface area contributed by atoms with Crippen molar-refractivity contribution in [3.63, 3.8) is 0 Å². The van der Waals surface area contributed by atoms with Gasteiger partial charge in [0.05, 0.1) is 16.1 Å². The van der Waals surface area contributed by atoms with Crippen LogP contribution in [0, 0.1) is 0 Å². The van der Waals surface area contributed by atoms with Crippen LogP contribution in [0.4, 0.5) is 5.95 Å². The van der Waals surface area contributed by atoms with E-state index in [-0.39, 0.29) is 12.4 Å². The first-order valence-corrected chi connectivity index (χ1v) is 9.60. The number of carbonyl (C=O) groups is 1. The van der Waals surface area contributed by atoms with Gasteiger partial charge in [-0.15, -0.1) is 0 Å². The van der Waals surface area contributed by atoms with E-state index in [0.29, 0.717) is 37.9 Å². The van der Waals surface area contributed by atoms with Crippen molar-refractivity contribution in [2.75, 3.05) is 5.32 Å². The van der Waals surface area contributed by atoms with Crippen LogP contribution >= 0.6 is 34.8 Å². The Labute approximate surface area is 177 Å². The maximum absolute atomic E-state index is 11.9. The van der Waals surface area contributed by atoms with E-state index >= 15 is 0 Å². The molecule has 28 heavy (non-hydrogen) atoms. The standard InChI is InChI=1S/C20H16Cl3N3O2/c1-2-17(27)28-16-8-7-12(21)11-14(16)19(26-20-24-9-4-10-25-20)13-5-3-6-15(22)18(13)23/h3-11,19H,2H2,1H3,(H,24,25,26). The van der Waals surface area contributed by atoms with Gasteiger partial charge in [-0.05, 0) is 35.9 Å². The summed E-state index contributed by atoms with van der Waals surface area (Å²) in [6.45, 7) is 1.72. The third kappa shape index (κ3) is 4.73. The Hall–Kier alpha value is -2.34. The van der Waals surface area contributed by atoms with Crippen LogP contribution in [-0.2, 0) is 4.79 Å². The van der Waals surface area contributed by atoms with Gasteiger partial charge >= 0.3 is 5.97 Å². The van der Waals surface area contributed by atoms with E-state index in [4.69, 9.17) is 39.5 Å². The average molecular weight is 437 g/mol. The third-order valence-electron chi connectivity index (χ3n) is 3.93. The van der Waals surface area contributed by atoms with E-state index in [9.17, 15) is 4.79 Å². The third-order valence-corrected chi connectivity index (χ3v) is 5.00. The Morgan fingerprint density at radius 1 is 1.07 bits per heavy atom. The molecule has 1 N–H and O–H groups in total. The molecule has 0 saturated carbocycles. The number of hydrogen-bond donors (Lipinski definition) is 1. The van der Waals surface area contributed by atoms with Crippen molar-refractivity contribution >= 4 is 46.7 Å². The summed E-state index contributed by atoms with van der Waals surface area (Å²) in [4.78, 5) is 20.3. The Balaban J connectivity index is 2.15. The highest BCUT2D eigenvalue weighted by molar-refractivity contribution is 6.42. The molecule has 0 saturated heterocycles. The topological polar surface area (TPSA) is 64.1 Å². The van der Waals surface area contributed by atoms with Crippen molar-refractivity contribution in [3.8, 4) is 5.75 Å². The predicted molar refractivity (Wildman–Crippen MR) is 111 cm³/mol. The molecule has 0 aliphatic rings. The number of rotatable bonds is 6. The molecule has 1 unspecified atom stereocenters. The van der Waals surface area contributed by atoms with Crippen molar-refractivity contribution in [1.82, 2.24) is 9.97 Å². The average Bonchev–Trinajstić information content (AvgIpc) is 2.70. The lowest BCUT2D eigenvalue weighted by Crippen LogP contribution is -2.17. The number of anilines is 1. The molecule has 0 aliphatic heterocycles. The summed E-state index contributed by atoms with van der Waals surface area (Å²) < 4.78 is 5.51. The molecule has 0 spiro atoms. The van der Waals surface area contributed by atoms with Crippen LogP contribution in [0.15, 0.2) is 54.9 Å². The zero-order valence-corrected chi connectivity index (χ0v) is 17.1. The van der Waals surface area contributed by atoms with Crippen LogP contribution in [0.5, 0.6) is 5.75 Å². The van der Waals surface area contributed by atoms with Crippen molar-refractivity contribution in [3.05, 3.63) is 81.1 Å². The SMILES string of the molecule is CCC(=O)Oc1ccc(Cl)cc1C(Nc1ncccn1)c1cccc(Cl)c1Cl. The summed E-state index contributed by atoms with van der Waals surface area (Å²) in [5.74, 6) is 0.368. The van der Waals surface area contributed by atoms with Crippen LogP contribution in [-0.4, -0.2) is 15.9 Å². The highest BCUT2D eigenvalue weighted by atomic mass is 35.5. The number of carbonyl (C=O) groups excluding carboxylic acids is 1. The molecule has 1 heterocycles. The van der Waals surface area contributed by atoms with Crippen LogP contribution in [0.25, 0.3) is 0 Å². The highest BCUT2D eigenvalue weighted by Gasteiger charge is 2.24. The number of benzene rings is 2. The van der Waals surface area contributed by atoms with Gasteiger partial charge in [0.1, 0.15) is 5.75 Å². The van der Waals surface area contributed by atoms with Crippen LogP contribution in [0.3, 0.4) is 0 Å². The molecule has 144 valence electrons. The van der Waals surface area contributed by atoms with Crippen molar-refractivity contribution in [2.45, 2.75) is 19.4 Å². The van der Waals surface area contributed by atoms with Gasteiger partial charge in [-0.1, -0.05) is 53.9 Å². The fourth-order valence-corrected chi connectivity index (χ4v) is 3.20. The Morgan fingerprint density at radius 2 is 1.82 bits per heavy atom. The summed E-state index contributed by atoms with van der Waals surface area (Å²) in [7, 11) is 0. The molecular formula is C20H16Cl3N3O2. The van der Waals surface area contributed by atoms with E-state index in [0.717, 1.165) is 0 Å². The molecule has 2 aromatic carbocycles. The quantitative estimate of drug-likeness (QED) is 0.382. The van der Waals surface area contributed by atoms with Crippen molar-refractivity contribution < 1.29 is 9.53 Å². The molecule has 8 heteroatoms. The minimum absolute atomic E-state index is 0.236. The highest BCUT2D eigenvalue weighted by Crippen LogP contribution is 2.39. The molecule has 1 atom stereocenters. The first-order chi connectivity index (χ1) is 13.5. The molecule has 0 bridgehead atoms. The van der Waals surface area contributed by atoms with Gasteiger partial charge in [0.25, 0.3) is 0 Å². The molecule has 3 rings (SSSR count). The zero-order chi connectivity index (χ0) is 20.1. The minimum Gasteiger partial charge on any atom is -0.426 e. The monoisotopic (exact) mass is 435 g/mol. The first kappa shape index (κ1) is 20.4. The number of nitrogens with one attached hydrogen (secondary N) is 1. The van der Waals surface area contributed by atoms with Gasteiger partial charge in [0.15, 0.2) is 0 Å². The van der Waals surface area contributed by atoms with Crippen LogP contribution < -0.4 is 10.1 Å². The van der Waals surface area contributed by atoms with Gasteiger partial charge in [-0.3, -0.25) is 4.79 Å². The van der Waals surface area contributed by atoms with Gasteiger partial charge < -0.3 is 10.1 Å². The predicted octanol–water partition coefficient (Wildman–Crippen LogP) is 5.95. The van der Waals surface area contributed by atoms with Gasteiger partial charge in [0, 0.05) is 29.4 Å². The summed E-state index contributed by atoms with van der Waals surface area (Å²) in [5.41, 5.74) is 1.27. The van der Waals surface area contributed by atoms with Crippen LogP contribution in [0.2, 0.25) is 15.1 Å². The number of esters is 1. The number of halogens is 3. The smallest absolute Gasteiger partial charge is 0.310 e. The second-order valence-corrected chi connectivity index (χ2v) is 7.02. The normalized spacial score (nSPS) is 11.7. The first-order valence-electron chi connectivity index (χ1n) is 8.47. The van der Waals surface area contributed by atoms with E-state index in [2.05, 4.69) is 15.3 Å². The Bertz CT molecular complexity index is 984. The summed E-state index contributed by atoms with van der Waals surface area (Å²) >= 11 is 18.9. The number of aromatic nitrogens is 2. The summed E-state index contributed by atoms with van der Waals surface area (Å²) in [6, 6.07) is 11.4. The maximum atomic E-state index is 11.9. The van der Waals surface area contributed by atoms with Gasteiger partial charge in [0.2, 0.25) is 5.95 Å². The number of hydrogen-bond acceptors (Lipinski definition) is 5. The number of ether oxygens (including phenoxy) is 1. The maximum Gasteiger partial charge on any atom is 0.310 e. The molecule has 1 aromatic heterocycles. The summed E-state index contributed by atoms with van der Waals surface area (Å²) in [5, 5.41) is 4.46. The Morgan fingerprint density at radius 3 is 2.54 bits per heavy atom. The second-order valence-electron chi connectivity index (χ2n) is 5.80. The van der Waals surface area contributed by atoms with Gasteiger partial charge in [-0.2, -0.15) is 0 Å². The molecule has 0 fully saturated rings. The molecule has 5 nitrogen and oxygen atoms in total. The van der Waals surface area contributed by atoms with Gasteiger partial charge in [-0.25, -0.2) is 9.97 Å². The lowest BCUT2D eigenvalue weighted by molar-refractivity contribution is -0.134. The Kier molecular flexibility index (Phi) is 6.73. The molecule has 3 aromatic rings. The van der Waals surface area contributed by atoms with Crippen molar-refractivity contribution in [2.24, 2.45) is 0 Å². The molecule has 0 radical (unpaired) electrons. The molecule has 0 aliphatic carbocycles. The fourth-order valence-electron chi connectivity index (χ4n) is 2.60. The lowest BCUT2D eigenvalue weighted by atomic mass is 9.97. The minimum atomic E-state index is -0.563. The van der Waals surface area contributed by atoms with E-state index < -0.39 is 6.04 Å². The lowest BCUT2D eigenvalue weighted by Gasteiger charge is -2.23. The summed E-state index contributed by atoms with van der Waals surface area (Å²) in [6.07, 6.45) is 3.46.